The number of nitrogens with one attached hydrogen (secondary N) is 1. The average Bonchev–Trinajstić information content (AvgIpc) is 2.62. The van der Waals surface area contributed by atoms with Crippen LogP contribution in [0.1, 0.15) is 49.0 Å². The molecule has 1 aromatic heterocycles. The predicted octanol–water partition coefficient (Wildman–Crippen LogP) is 3.73. The first-order valence-corrected chi connectivity index (χ1v) is 8.89. The van der Waals surface area contributed by atoms with Gasteiger partial charge < -0.3 is 10.1 Å². The van der Waals surface area contributed by atoms with E-state index < -0.39 is 0 Å². The number of hydrogen-bond acceptors (Lipinski definition) is 3. The summed E-state index contributed by atoms with van der Waals surface area (Å²) in [5, 5.41) is 3.06. The van der Waals surface area contributed by atoms with Gasteiger partial charge >= 0.3 is 0 Å². The van der Waals surface area contributed by atoms with E-state index in [-0.39, 0.29) is 16.9 Å². The number of pyridine rings is 1. The maximum absolute atomic E-state index is 12.3. The Kier molecular flexibility index (Phi) is 5.19. The number of ether oxygens (including phenoxy) is 1. The second kappa shape index (κ2) is 7.36. The lowest BCUT2D eigenvalue weighted by molar-refractivity contribution is -0.0838. The number of carbonyl (C=O) groups excluding carboxylic acids is 1. The highest BCUT2D eigenvalue weighted by atomic mass is 16.5. The summed E-state index contributed by atoms with van der Waals surface area (Å²) >= 11 is 0. The normalized spacial score (nSPS) is 22.3. The van der Waals surface area contributed by atoms with Gasteiger partial charge in [-0.3, -0.25) is 9.78 Å². The Labute approximate surface area is 149 Å². The van der Waals surface area contributed by atoms with Crippen molar-refractivity contribution in [3.63, 3.8) is 0 Å². The van der Waals surface area contributed by atoms with Crippen LogP contribution in [0, 0.1) is 0 Å². The third kappa shape index (κ3) is 4.26. The fraction of sp³-hybridized carbons (Fsp3) is 0.429. The summed E-state index contributed by atoms with van der Waals surface area (Å²) in [7, 11) is 0. The fourth-order valence-corrected chi connectivity index (χ4v) is 3.89. The Morgan fingerprint density at radius 1 is 1.16 bits per heavy atom. The van der Waals surface area contributed by atoms with Gasteiger partial charge in [-0.1, -0.05) is 30.3 Å². The minimum Gasteiger partial charge on any atom is -0.376 e. The summed E-state index contributed by atoms with van der Waals surface area (Å²) in [6.07, 6.45) is 6.12. The zero-order chi connectivity index (χ0) is 17.8. The third-order valence-corrected chi connectivity index (χ3v) is 5.06. The van der Waals surface area contributed by atoms with Crippen molar-refractivity contribution in [2.45, 2.75) is 44.1 Å². The van der Waals surface area contributed by atoms with Crippen molar-refractivity contribution in [1.82, 2.24) is 10.3 Å². The maximum atomic E-state index is 12.3. The molecule has 1 aliphatic heterocycles. The van der Waals surface area contributed by atoms with Gasteiger partial charge in [-0.15, -0.1) is 0 Å². The molecule has 3 rings (SSSR count). The van der Waals surface area contributed by atoms with Crippen LogP contribution in [0.3, 0.4) is 0 Å². The van der Waals surface area contributed by atoms with E-state index in [1.165, 1.54) is 5.56 Å². The van der Waals surface area contributed by atoms with Gasteiger partial charge in [0, 0.05) is 36.5 Å². The smallest absolute Gasteiger partial charge is 0.251 e. The molecule has 25 heavy (non-hydrogen) atoms. The maximum Gasteiger partial charge on any atom is 0.251 e. The molecule has 1 N–H and O–H groups in total. The van der Waals surface area contributed by atoms with Crippen molar-refractivity contribution < 1.29 is 9.53 Å². The lowest BCUT2D eigenvalue weighted by Gasteiger charge is -2.45. The van der Waals surface area contributed by atoms with Crippen molar-refractivity contribution in [2.75, 3.05) is 13.2 Å². The minimum atomic E-state index is -0.150. The molecule has 1 aliphatic rings. The Morgan fingerprint density at radius 2 is 1.88 bits per heavy atom. The largest absolute Gasteiger partial charge is 0.376 e. The molecule has 1 fully saturated rings. The lowest BCUT2D eigenvalue weighted by atomic mass is 9.67. The molecule has 132 valence electrons. The third-order valence-electron chi connectivity index (χ3n) is 5.06. The molecule has 0 radical (unpaired) electrons. The molecule has 0 spiro atoms. The van der Waals surface area contributed by atoms with Crippen molar-refractivity contribution in [1.29, 1.82) is 0 Å². The van der Waals surface area contributed by atoms with Crippen molar-refractivity contribution in [3.05, 3.63) is 66.0 Å². The molecule has 0 aliphatic carbocycles. The summed E-state index contributed by atoms with van der Waals surface area (Å²) in [4.78, 5) is 16.2. The van der Waals surface area contributed by atoms with Crippen LogP contribution >= 0.6 is 0 Å². The van der Waals surface area contributed by atoms with Crippen molar-refractivity contribution in [3.8, 4) is 0 Å². The zero-order valence-corrected chi connectivity index (χ0v) is 15.0. The van der Waals surface area contributed by atoms with Crippen molar-refractivity contribution >= 4 is 5.91 Å². The quantitative estimate of drug-likeness (QED) is 0.904. The van der Waals surface area contributed by atoms with E-state index >= 15 is 0 Å². The number of rotatable bonds is 5. The molecule has 1 amide bonds. The van der Waals surface area contributed by atoms with Gasteiger partial charge in [-0.25, -0.2) is 0 Å². The van der Waals surface area contributed by atoms with Crippen LogP contribution in [0.25, 0.3) is 0 Å². The van der Waals surface area contributed by atoms with Crippen LogP contribution in [-0.4, -0.2) is 29.6 Å². The molecule has 1 atom stereocenters. The molecule has 1 unspecified atom stereocenters. The number of hydrogen-bond donors (Lipinski definition) is 1. The van der Waals surface area contributed by atoms with E-state index in [1.54, 1.807) is 24.5 Å². The first kappa shape index (κ1) is 17.6. The molecule has 1 saturated heterocycles. The number of carbonyl (C=O) groups is 1. The molecule has 4 heteroatoms. The van der Waals surface area contributed by atoms with E-state index in [4.69, 9.17) is 4.74 Å². The Morgan fingerprint density at radius 3 is 2.56 bits per heavy atom. The van der Waals surface area contributed by atoms with Gasteiger partial charge in [0.1, 0.15) is 0 Å². The van der Waals surface area contributed by atoms with Crippen molar-refractivity contribution in [2.24, 2.45) is 0 Å². The highest BCUT2D eigenvalue weighted by Crippen LogP contribution is 2.43. The summed E-state index contributed by atoms with van der Waals surface area (Å²) in [5.41, 5.74) is 1.87. The average molecular weight is 338 g/mol. The minimum absolute atomic E-state index is 0.0362. The van der Waals surface area contributed by atoms with Gasteiger partial charge in [0.2, 0.25) is 0 Å². The standard InChI is InChI=1S/C21H26N2O2/c1-20(2)16-21(11-15-25-20,18-6-4-3-5-7-18)10-14-23-19(24)17-8-12-22-13-9-17/h3-9,12-13H,10-11,14-16H2,1-2H3,(H,23,24). The molecule has 1 aromatic carbocycles. The van der Waals surface area contributed by atoms with E-state index in [2.05, 4.69) is 48.4 Å². The van der Waals surface area contributed by atoms with E-state index in [0.29, 0.717) is 12.1 Å². The summed E-state index contributed by atoms with van der Waals surface area (Å²) in [6, 6.07) is 14.1. The Bertz CT molecular complexity index is 700. The highest BCUT2D eigenvalue weighted by Gasteiger charge is 2.41. The summed E-state index contributed by atoms with van der Waals surface area (Å²) in [5.74, 6) is -0.0445. The Balaban J connectivity index is 1.72. The lowest BCUT2D eigenvalue weighted by Crippen LogP contribution is -2.45. The highest BCUT2D eigenvalue weighted by molar-refractivity contribution is 5.93. The van der Waals surface area contributed by atoms with Gasteiger partial charge in [-0.2, -0.15) is 0 Å². The fourth-order valence-electron chi connectivity index (χ4n) is 3.89. The van der Waals surface area contributed by atoms with Crippen LogP contribution in [0.15, 0.2) is 54.9 Å². The number of nitrogens with zero attached hydrogens (tertiary/aromatic N) is 1. The summed E-state index contributed by atoms with van der Waals surface area (Å²) < 4.78 is 5.94. The van der Waals surface area contributed by atoms with Gasteiger partial charge in [-0.05, 0) is 50.8 Å². The SMILES string of the molecule is CC1(C)CC(CCNC(=O)c2ccncc2)(c2ccccc2)CCO1. The topological polar surface area (TPSA) is 51.2 Å². The molecule has 0 saturated carbocycles. The molecular formula is C21H26N2O2. The number of benzene rings is 1. The molecule has 4 nitrogen and oxygen atoms in total. The predicted molar refractivity (Wildman–Crippen MR) is 98.6 cm³/mol. The van der Waals surface area contributed by atoms with Crippen LogP contribution in [-0.2, 0) is 10.2 Å². The molecular weight excluding hydrogens is 312 g/mol. The van der Waals surface area contributed by atoms with Gasteiger partial charge in [0.05, 0.1) is 5.60 Å². The first-order valence-electron chi connectivity index (χ1n) is 8.89. The summed E-state index contributed by atoms with van der Waals surface area (Å²) in [6.45, 7) is 5.70. The van der Waals surface area contributed by atoms with Crippen LogP contribution in [0.4, 0.5) is 0 Å². The molecule has 0 bridgehead atoms. The second-order valence-electron chi connectivity index (χ2n) is 7.42. The molecule has 2 aromatic rings. The van der Waals surface area contributed by atoms with E-state index in [0.717, 1.165) is 25.9 Å². The second-order valence-corrected chi connectivity index (χ2v) is 7.42. The Hall–Kier alpha value is -2.20. The van der Waals surface area contributed by atoms with E-state index in [9.17, 15) is 4.79 Å². The monoisotopic (exact) mass is 338 g/mol. The zero-order valence-electron chi connectivity index (χ0n) is 15.0. The van der Waals surface area contributed by atoms with E-state index in [1.807, 2.05) is 6.07 Å². The van der Waals surface area contributed by atoms with Crippen LogP contribution in [0.5, 0.6) is 0 Å². The number of aromatic nitrogens is 1. The van der Waals surface area contributed by atoms with Gasteiger partial charge in [0.15, 0.2) is 0 Å². The van der Waals surface area contributed by atoms with Crippen LogP contribution in [0.2, 0.25) is 0 Å². The molecule has 2 heterocycles. The van der Waals surface area contributed by atoms with Gasteiger partial charge in [0.25, 0.3) is 5.91 Å². The first-order chi connectivity index (χ1) is 12.0. The van der Waals surface area contributed by atoms with Crippen LogP contribution < -0.4 is 5.32 Å². The number of amides is 1.